The highest BCUT2D eigenvalue weighted by molar-refractivity contribution is 6.42. The third-order valence-electron chi connectivity index (χ3n) is 7.49. The Balaban J connectivity index is 0.00000552. The predicted molar refractivity (Wildman–Crippen MR) is 176 cm³/mol. The number of rotatable bonds is 9. The predicted octanol–water partition coefficient (Wildman–Crippen LogP) is 5.00. The van der Waals surface area contributed by atoms with E-state index >= 15 is 0 Å². The first-order chi connectivity index (χ1) is 20.8. The summed E-state index contributed by atoms with van der Waals surface area (Å²) in [4.78, 5) is 51.3. The summed E-state index contributed by atoms with van der Waals surface area (Å²) in [6.45, 7) is 7.69. The lowest BCUT2D eigenvalue weighted by Gasteiger charge is -2.36. The van der Waals surface area contributed by atoms with Crippen molar-refractivity contribution in [2.75, 3.05) is 30.9 Å². The molecule has 1 aliphatic rings. The molecular formula is C30H37Cl3FN7O4. The van der Waals surface area contributed by atoms with Crippen LogP contribution in [0.5, 0.6) is 5.75 Å². The van der Waals surface area contributed by atoms with Gasteiger partial charge in [-0.2, -0.15) is 0 Å². The molecule has 0 saturated carbocycles. The lowest BCUT2D eigenvalue weighted by atomic mass is 9.85. The minimum atomic E-state index is -1.09. The first-order valence-electron chi connectivity index (χ1n) is 14.1. The number of nitrogens with zero attached hydrogens (tertiary/aromatic N) is 3. The minimum absolute atomic E-state index is 0. The van der Waals surface area contributed by atoms with Crippen molar-refractivity contribution in [3.8, 4) is 5.75 Å². The van der Waals surface area contributed by atoms with E-state index in [-0.39, 0.29) is 45.4 Å². The van der Waals surface area contributed by atoms with Crippen molar-refractivity contribution in [3.63, 3.8) is 0 Å². The topological polar surface area (TPSA) is 138 Å². The molecule has 0 radical (unpaired) electrons. The summed E-state index contributed by atoms with van der Waals surface area (Å²) < 4.78 is 20.6. The molecular weight excluding hydrogens is 648 g/mol. The van der Waals surface area contributed by atoms with E-state index in [0.717, 1.165) is 11.3 Å². The van der Waals surface area contributed by atoms with Crippen LogP contribution in [0.1, 0.15) is 40.5 Å². The van der Waals surface area contributed by atoms with Gasteiger partial charge in [0.2, 0.25) is 5.91 Å². The van der Waals surface area contributed by atoms with Gasteiger partial charge in [0.05, 0.1) is 46.1 Å². The molecule has 0 aliphatic carbocycles. The lowest BCUT2D eigenvalue weighted by Crippen LogP contribution is -2.60. The average molecular weight is 685 g/mol. The number of nitrogens with one attached hydrogen (secondary N) is 4. The lowest BCUT2D eigenvalue weighted by molar-refractivity contribution is -0.134. The fourth-order valence-corrected chi connectivity index (χ4v) is 5.14. The Hall–Kier alpha value is -3.29. The molecule has 4 N–H and O–H groups in total. The number of hydrogen-bond donors (Lipinski definition) is 4. The van der Waals surface area contributed by atoms with E-state index in [1.165, 1.54) is 31.6 Å². The highest BCUT2D eigenvalue weighted by Crippen LogP contribution is 2.38. The van der Waals surface area contributed by atoms with Crippen LogP contribution in [0.15, 0.2) is 30.6 Å². The number of ether oxygens (including phenoxy) is 1. The summed E-state index contributed by atoms with van der Waals surface area (Å²) in [6, 6.07) is 3.64. The first-order valence-corrected chi connectivity index (χ1v) is 14.9. The van der Waals surface area contributed by atoms with Crippen LogP contribution in [0.4, 0.5) is 21.6 Å². The average Bonchev–Trinajstić information content (AvgIpc) is 3.54. The molecule has 244 valence electrons. The van der Waals surface area contributed by atoms with Gasteiger partial charge in [0.15, 0.2) is 5.82 Å². The molecule has 0 bridgehead atoms. The Morgan fingerprint density at radius 1 is 1.18 bits per heavy atom. The number of imide groups is 1. The van der Waals surface area contributed by atoms with Crippen LogP contribution in [0.3, 0.4) is 0 Å². The van der Waals surface area contributed by atoms with E-state index < -0.39 is 47.1 Å². The fraction of sp³-hybridized carbons (Fsp3) is 0.433. The summed E-state index contributed by atoms with van der Waals surface area (Å²) in [5.74, 6) is -1.96. The molecule has 45 heavy (non-hydrogen) atoms. The number of aromatic nitrogens is 2. The molecule has 11 nitrogen and oxygen atoms in total. The van der Waals surface area contributed by atoms with Crippen molar-refractivity contribution in [2.45, 2.75) is 58.7 Å². The Bertz CT molecular complexity index is 1580. The number of methoxy groups -OCH3 is 1. The van der Waals surface area contributed by atoms with E-state index in [2.05, 4.69) is 31.2 Å². The molecule has 0 unspecified atom stereocenters. The van der Waals surface area contributed by atoms with Crippen molar-refractivity contribution < 1.29 is 23.5 Å². The van der Waals surface area contributed by atoms with Crippen molar-refractivity contribution in [3.05, 3.63) is 46.5 Å². The quantitative estimate of drug-likeness (QED) is 0.230. The molecule has 1 fully saturated rings. The van der Waals surface area contributed by atoms with E-state index in [9.17, 15) is 18.8 Å². The second-order valence-corrected chi connectivity index (χ2v) is 12.4. The number of likely N-dealkylation sites (N-methyl/N-ethyl adjacent to an activating group) is 1. The Labute approximate surface area is 277 Å². The molecule has 3 aromatic rings. The highest BCUT2D eigenvalue weighted by Gasteiger charge is 2.42. The van der Waals surface area contributed by atoms with Crippen LogP contribution in [0.2, 0.25) is 10.0 Å². The zero-order valence-corrected chi connectivity index (χ0v) is 28.1. The normalized spacial score (nSPS) is 16.0. The molecule has 3 atom stereocenters. The standard InChI is InChI=1S/C30H36Cl2FN7O4.ClH/c1-15(34-5)27(41)39-25(30(2,3)4)29(43)40(28(42)19-8-7-11-35-19)21-12-16-20(13-22(21)44-6)36-14-37-26(16)38-18-10-9-17(31)23(32)24(18)33;/h9-10,12-15,19,25,34-35H,7-8,11H2,1-6H3,(H,39,41)(H,36,37,38);1H/t15-,19-,25+;/m0./s1. The van der Waals surface area contributed by atoms with Crippen LogP contribution >= 0.6 is 35.6 Å². The van der Waals surface area contributed by atoms with E-state index in [4.69, 9.17) is 27.9 Å². The number of fused-ring (bicyclic) bond motifs is 1. The van der Waals surface area contributed by atoms with Gasteiger partial charge in [-0.3, -0.25) is 14.4 Å². The highest BCUT2D eigenvalue weighted by atomic mass is 35.5. The van der Waals surface area contributed by atoms with Gasteiger partial charge in [0.1, 0.15) is 23.9 Å². The smallest absolute Gasteiger partial charge is 0.257 e. The third kappa shape index (κ3) is 7.75. The number of carbonyl (C=O) groups excluding carboxylic acids is 3. The van der Waals surface area contributed by atoms with Gasteiger partial charge in [-0.05, 0) is 57.0 Å². The molecule has 1 aliphatic heterocycles. The van der Waals surface area contributed by atoms with Gasteiger partial charge in [0.25, 0.3) is 11.8 Å². The number of benzene rings is 2. The van der Waals surface area contributed by atoms with Gasteiger partial charge < -0.3 is 26.0 Å². The fourth-order valence-electron chi connectivity index (χ4n) is 4.83. The van der Waals surface area contributed by atoms with Crippen LogP contribution in [0.25, 0.3) is 10.9 Å². The number of halogens is 4. The molecule has 4 rings (SSSR count). The molecule has 2 heterocycles. The maximum atomic E-state index is 15.0. The van der Waals surface area contributed by atoms with Gasteiger partial charge >= 0.3 is 0 Å². The monoisotopic (exact) mass is 683 g/mol. The van der Waals surface area contributed by atoms with Crippen LogP contribution in [0, 0.1) is 11.2 Å². The van der Waals surface area contributed by atoms with Crippen LogP contribution in [-0.2, 0) is 14.4 Å². The van der Waals surface area contributed by atoms with Gasteiger partial charge in [-0.1, -0.05) is 44.0 Å². The van der Waals surface area contributed by atoms with Crippen molar-refractivity contribution in [1.29, 1.82) is 0 Å². The molecule has 0 spiro atoms. The van der Waals surface area contributed by atoms with Crippen molar-refractivity contribution >= 4 is 81.4 Å². The molecule has 1 aromatic heterocycles. The number of hydrogen-bond acceptors (Lipinski definition) is 9. The van der Waals surface area contributed by atoms with E-state index in [1.54, 1.807) is 40.8 Å². The summed E-state index contributed by atoms with van der Waals surface area (Å²) in [7, 11) is 3.05. The Morgan fingerprint density at radius 2 is 1.89 bits per heavy atom. The van der Waals surface area contributed by atoms with Crippen molar-refractivity contribution in [1.82, 2.24) is 25.9 Å². The Morgan fingerprint density at radius 3 is 2.49 bits per heavy atom. The van der Waals surface area contributed by atoms with Crippen LogP contribution < -0.4 is 30.9 Å². The van der Waals surface area contributed by atoms with Crippen LogP contribution in [-0.4, -0.2) is 66.5 Å². The molecule has 1 saturated heterocycles. The first kappa shape index (κ1) is 36.2. The summed E-state index contributed by atoms with van der Waals surface area (Å²) in [6.07, 6.45) is 2.56. The zero-order valence-electron chi connectivity index (χ0n) is 25.8. The second kappa shape index (κ2) is 14.9. The van der Waals surface area contributed by atoms with Gasteiger partial charge in [-0.25, -0.2) is 19.3 Å². The second-order valence-electron chi connectivity index (χ2n) is 11.6. The summed E-state index contributed by atoms with van der Waals surface area (Å²) in [5, 5.41) is 11.9. The number of carbonyl (C=O) groups is 3. The maximum absolute atomic E-state index is 15.0. The van der Waals surface area contributed by atoms with Crippen molar-refractivity contribution in [2.24, 2.45) is 5.41 Å². The number of anilines is 3. The number of amides is 3. The zero-order chi connectivity index (χ0) is 32.3. The minimum Gasteiger partial charge on any atom is -0.494 e. The Kier molecular flexibility index (Phi) is 12.0. The van der Waals surface area contributed by atoms with E-state index in [0.29, 0.717) is 23.9 Å². The summed E-state index contributed by atoms with van der Waals surface area (Å²) >= 11 is 12.0. The van der Waals surface area contributed by atoms with E-state index in [1.807, 2.05) is 0 Å². The maximum Gasteiger partial charge on any atom is 0.257 e. The SMILES string of the molecule is CN[C@@H](C)C(=O)N[C@H](C(=O)N(C(=O)[C@@H]1CCCN1)c1cc2c(Nc3ccc(Cl)c(Cl)c3F)ncnc2cc1OC)C(C)(C)C.Cl. The third-order valence-corrected chi connectivity index (χ3v) is 8.27. The van der Waals surface area contributed by atoms with Gasteiger partial charge in [-0.15, -0.1) is 12.4 Å². The molecule has 15 heteroatoms. The largest absolute Gasteiger partial charge is 0.494 e. The summed E-state index contributed by atoms with van der Waals surface area (Å²) in [5.41, 5.74) is -0.273. The van der Waals surface area contributed by atoms with Gasteiger partial charge in [0, 0.05) is 11.5 Å². The molecule has 2 aromatic carbocycles. The molecule has 3 amide bonds.